The number of anilines is 1. The van der Waals surface area contributed by atoms with Gasteiger partial charge < -0.3 is 15.0 Å². The van der Waals surface area contributed by atoms with Crippen molar-refractivity contribution in [2.75, 3.05) is 36.5 Å². The highest BCUT2D eigenvalue weighted by molar-refractivity contribution is 7.99. The maximum absolute atomic E-state index is 12.0. The van der Waals surface area contributed by atoms with Gasteiger partial charge in [0.25, 0.3) is 0 Å². The summed E-state index contributed by atoms with van der Waals surface area (Å²) in [5, 5.41) is 2.65. The Morgan fingerprint density at radius 1 is 1.38 bits per heavy atom. The average Bonchev–Trinajstić information content (AvgIpc) is 2.46. The molecule has 0 bridgehead atoms. The Labute approximate surface area is 123 Å². The number of rotatable bonds is 3. The first kappa shape index (κ1) is 15.7. The molecule has 0 saturated carbocycles. The minimum atomic E-state index is -4.40. The normalized spacial score (nSPS) is 15.7. The smallest absolute Gasteiger partial charge is 0.422 e. The quantitative estimate of drug-likeness (QED) is 0.930. The van der Waals surface area contributed by atoms with Gasteiger partial charge in [0.2, 0.25) is 5.88 Å². The van der Waals surface area contributed by atoms with Crippen molar-refractivity contribution < 1.29 is 22.7 Å². The van der Waals surface area contributed by atoms with E-state index in [4.69, 9.17) is 0 Å². The van der Waals surface area contributed by atoms with Gasteiger partial charge in [-0.1, -0.05) is 0 Å². The molecule has 2 heterocycles. The zero-order chi connectivity index (χ0) is 15.3. The molecule has 0 aromatic carbocycles. The number of aromatic nitrogens is 1. The van der Waals surface area contributed by atoms with E-state index in [1.807, 2.05) is 0 Å². The van der Waals surface area contributed by atoms with Crippen LogP contribution in [0.2, 0.25) is 0 Å². The summed E-state index contributed by atoms with van der Waals surface area (Å²) in [7, 11) is 0. The monoisotopic (exact) mass is 321 g/mol. The fourth-order valence-corrected chi connectivity index (χ4v) is 2.57. The molecule has 1 aromatic heterocycles. The number of carbonyl (C=O) groups excluding carboxylic acids is 1. The summed E-state index contributed by atoms with van der Waals surface area (Å²) in [5.41, 5.74) is 0.414. The molecular formula is C12H14F3N3O2S. The molecule has 0 unspecified atom stereocenters. The highest BCUT2D eigenvalue weighted by atomic mass is 32.2. The fourth-order valence-electron chi connectivity index (χ4n) is 1.66. The Bertz CT molecular complexity index is 476. The van der Waals surface area contributed by atoms with E-state index in [2.05, 4.69) is 15.0 Å². The molecule has 21 heavy (non-hydrogen) atoms. The molecule has 0 radical (unpaired) electrons. The predicted molar refractivity (Wildman–Crippen MR) is 73.7 cm³/mol. The molecule has 116 valence electrons. The lowest BCUT2D eigenvalue weighted by Gasteiger charge is -2.26. The Kier molecular flexibility index (Phi) is 5.16. The second kappa shape index (κ2) is 6.88. The topological polar surface area (TPSA) is 54.5 Å². The minimum Gasteiger partial charge on any atom is -0.468 e. The van der Waals surface area contributed by atoms with Crippen LogP contribution in [0.4, 0.5) is 23.7 Å². The number of nitrogens with zero attached hydrogens (tertiary/aromatic N) is 2. The number of alkyl halides is 3. The third-order valence-corrected chi connectivity index (χ3v) is 3.61. The van der Waals surface area contributed by atoms with E-state index >= 15 is 0 Å². The molecule has 1 aromatic rings. The first-order valence-corrected chi connectivity index (χ1v) is 7.39. The zero-order valence-electron chi connectivity index (χ0n) is 11.0. The largest absolute Gasteiger partial charge is 0.468 e. The number of hydrogen-bond acceptors (Lipinski definition) is 4. The van der Waals surface area contributed by atoms with Crippen molar-refractivity contribution >= 4 is 23.5 Å². The van der Waals surface area contributed by atoms with Gasteiger partial charge in [-0.25, -0.2) is 9.78 Å². The second-order valence-corrected chi connectivity index (χ2v) is 5.54. The Morgan fingerprint density at radius 3 is 2.67 bits per heavy atom. The zero-order valence-corrected chi connectivity index (χ0v) is 11.8. The van der Waals surface area contributed by atoms with E-state index in [0.717, 1.165) is 11.5 Å². The Balaban J connectivity index is 1.85. The number of hydrogen-bond donors (Lipinski definition) is 1. The van der Waals surface area contributed by atoms with Gasteiger partial charge in [-0.3, -0.25) is 0 Å². The molecule has 0 aliphatic carbocycles. The summed E-state index contributed by atoms with van der Waals surface area (Å²) >= 11 is 1.79. The van der Waals surface area contributed by atoms with Gasteiger partial charge in [-0.2, -0.15) is 24.9 Å². The van der Waals surface area contributed by atoms with E-state index in [1.165, 1.54) is 18.3 Å². The maximum Gasteiger partial charge on any atom is 0.422 e. The van der Waals surface area contributed by atoms with E-state index in [-0.39, 0.29) is 11.9 Å². The van der Waals surface area contributed by atoms with Crippen LogP contribution in [0.1, 0.15) is 0 Å². The minimum absolute atomic E-state index is 0.139. The highest BCUT2D eigenvalue weighted by Crippen LogP contribution is 2.18. The number of ether oxygens (including phenoxy) is 1. The number of urea groups is 1. The molecule has 2 amide bonds. The van der Waals surface area contributed by atoms with Crippen molar-refractivity contribution in [1.29, 1.82) is 0 Å². The molecule has 1 fully saturated rings. The molecule has 1 aliphatic heterocycles. The number of nitrogens with one attached hydrogen (secondary N) is 1. The standard InChI is InChI=1S/C12H14F3N3O2S/c13-12(14,15)8-20-10-2-1-9(7-16-10)17-11(19)18-3-5-21-6-4-18/h1-2,7H,3-6,8H2,(H,17,19). The van der Waals surface area contributed by atoms with Crippen molar-refractivity contribution in [3.63, 3.8) is 0 Å². The molecular weight excluding hydrogens is 307 g/mol. The number of amides is 2. The maximum atomic E-state index is 12.0. The van der Waals surface area contributed by atoms with E-state index < -0.39 is 12.8 Å². The SMILES string of the molecule is O=C(Nc1ccc(OCC(F)(F)F)nc1)N1CCSCC1. The first-order chi connectivity index (χ1) is 9.94. The van der Waals surface area contributed by atoms with Crippen LogP contribution in [0.5, 0.6) is 5.88 Å². The second-order valence-electron chi connectivity index (χ2n) is 4.32. The lowest BCUT2D eigenvalue weighted by Crippen LogP contribution is -2.40. The van der Waals surface area contributed by atoms with Gasteiger partial charge in [0.05, 0.1) is 11.9 Å². The number of pyridine rings is 1. The van der Waals surface area contributed by atoms with Crippen LogP contribution in [0.25, 0.3) is 0 Å². The van der Waals surface area contributed by atoms with Crippen molar-refractivity contribution in [2.24, 2.45) is 0 Å². The number of halogens is 3. The molecule has 5 nitrogen and oxygen atoms in total. The number of carbonyl (C=O) groups is 1. The lowest BCUT2D eigenvalue weighted by atomic mass is 10.4. The molecule has 9 heteroatoms. The predicted octanol–water partition coefficient (Wildman–Crippen LogP) is 2.60. The highest BCUT2D eigenvalue weighted by Gasteiger charge is 2.28. The van der Waals surface area contributed by atoms with Crippen LogP contribution in [0.3, 0.4) is 0 Å². The van der Waals surface area contributed by atoms with Crippen LogP contribution < -0.4 is 10.1 Å². The van der Waals surface area contributed by atoms with Crippen molar-refractivity contribution in [3.05, 3.63) is 18.3 Å². The Morgan fingerprint density at radius 2 is 2.10 bits per heavy atom. The van der Waals surface area contributed by atoms with Crippen LogP contribution in [-0.2, 0) is 0 Å². The van der Waals surface area contributed by atoms with Crippen molar-refractivity contribution in [2.45, 2.75) is 6.18 Å². The van der Waals surface area contributed by atoms with Crippen LogP contribution in [-0.4, -0.2) is 53.3 Å². The van der Waals surface area contributed by atoms with E-state index in [9.17, 15) is 18.0 Å². The third-order valence-electron chi connectivity index (χ3n) is 2.67. The van der Waals surface area contributed by atoms with Crippen LogP contribution >= 0.6 is 11.8 Å². The summed E-state index contributed by atoms with van der Waals surface area (Å²) in [6.07, 6.45) is -3.14. The third kappa shape index (κ3) is 5.33. The Hall–Kier alpha value is -1.64. The van der Waals surface area contributed by atoms with Gasteiger partial charge in [-0.05, 0) is 6.07 Å². The fraction of sp³-hybridized carbons (Fsp3) is 0.500. The molecule has 1 aliphatic rings. The van der Waals surface area contributed by atoms with E-state index in [0.29, 0.717) is 18.8 Å². The van der Waals surface area contributed by atoms with Gasteiger partial charge in [0.15, 0.2) is 6.61 Å². The molecule has 0 atom stereocenters. The summed E-state index contributed by atoms with van der Waals surface area (Å²) in [6, 6.07) is 2.50. The van der Waals surface area contributed by atoms with Gasteiger partial charge in [-0.15, -0.1) is 0 Å². The van der Waals surface area contributed by atoms with Gasteiger partial charge in [0.1, 0.15) is 0 Å². The van der Waals surface area contributed by atoms with E-state index in [1.54, 1.807) is 16.7 Å². The summed E-state index contributed by atoms with van der Waals surface area (Å²) in [4.78, 5) is 17.3. The van der Waals surface area contributed by atoms with Crippen molar-refractivity contribution in [3.8, 4) is 5.88 Å². The van der Waals surface area contributed by atoms with Crippen LogP contribution in [0.15, 0.2) is 18.3 Å². The summed E-state index contributed by atoms with van der Waals surface area (Å²) in [5.74, 6) is 1.66. The molecule has 0 spiro atoms. The summed E-state index contributed by atoms with van der Waals surface area (Å²) < 4.78 is 40.4. The van der Waals surface area contributed by atoms with Gasteiger partial charge in [0, 0.05) is 30.7 Å². The molecule has 1 N–H and O–H groups in total. The first-order valence-electron chi connectivity index (χ1n) is 6.23. The number of thioether (sulfide) groups is 1. The van der Waals surface area contributed by atoms with Gasteiger partial charge >= 0.3 is 12.2 Å². The van der Waals surface area contributed by atoms with Crippen LogP contribution in [0, 0.1) is 0 Å². The lowest BCUT2D eigenvalue weighted by molar-refractivity contribution is -0.154. The molecule has 2 rings (SSSR count). The summed E-state index contributed by atoms with van der Waals surface area (Å²) in [6.45, 7) is -0.0371. The average molecular weight is 321 g/mol. The molecule has 1 saturated heterocycles. The van der Waals surface area contributed by atoms with Crippen molar-refractivity contribution in [1.82, 2.24) is 9.88 Å².